The molecule has 4 aromatic carbocycles. The van der Waals surface area contributed by atoms with Crippen LogP contribution in [0.25, 0.3) is 21.9 Å². The van der Waals surface area contributed by atoms with E-state index in [0.29, 0.717) is 5.92 Å². The molecule has 1 fully saturated rings. The quantitative estimate of drug-likeness (QED) is 0.297. The maximum atomic E-state index is 9.27. The standard InChI is InChI=1S/C30H27N/c31-30(20-10-2-1-3-11-20)28-19-22-13-5-4-12-21(22)18-27(28)29-25-16-8-6-14-23(25)24-15-7-9-17-26(24)29/h4-9,12-20,29,31H,1-3,10-11H2. The monoisotopic (exact) mass is 401 g/mol. The van der Waals surface area contributed by atoms with Crippen molar-refractivity contribution in [2.24, 2.45) is 5.92 Å². The van der Waals surface area contributed by atoms with Crippen molar-refractivity contribution in [3.63, 3.8) is 0 Å². The van der Waals surface area contributed by atoms with E-state index in [-0.39, 0.29) is 5.92 Å². The van der Waals surface area contributed by atoms with E-state index in [2.05, 4.69) is 84.9 Å². The molecule has 4 aromatic rings. The van der Waals surface area contributed by atoms with E-state index in [0.717, 1.165) is 24.1 Å². The normalized spacial score (nSPS) is 16.3. The fourth-order valence-electron chi connectivity index (χ4n) is 5.83. The molecular weight excluding hydrogens is 374 g/mol. The van der Waals surface area contributed by atoms with Gasteiger partial charge in [0.2, 0.25) is 0 Å². The summed E-state index contributed by atoms with van der Waals surface area (Å²) < 4.78 is 0. The Morgan fingerprint density at radius 3 is 1.81 bits per heavy atom. The van der Waals surface area contributed by atoms with Gasteiger partial charge in [-0.15, -0.1) is 0 Å². The zero-order chi connectivity index (χ0) is 20.8. The van der Waals surface area contributed by atoms with Gasteiger partial charge in [0, 0.05) is 23.1 Å². The molecule has 0 saturated heterocycles. The van der Waals surface area contributed by atoms with Crippen molar-refractivity contribution >= 4 is 16.5 Å². The van der Waals surface area contributed by atoms with Crippen LogP contribution in [0.4, 0.5) is 0 Å². The molecule has 0 bridgehead atoms. The highest BCUT2D eigenvalue weighted by Crippen LogP contribution is 2.49. The topological polar surface area (TPSA) is 23.9 Å². The second-order valence-corrected chi connectivity index (χ2v) is 9.14. The summed E-state index contributed by atoms with van der Waals surface area (Å²) in [5, 5.41) is 11.8. The predicted octanol–water partition coefficient (Wildman–Crippen LogP) is 7.95. The van der Waals surface area contributed by atoms with E-state index in [9.17, 15) is 5.41 Å². The molecule has 0 heterocycles. The van der Waals surface area contributed by atoms with E-state index in [4.69, 9.17) is 0 Å². The molecule has 31 heavy (non-hydrogen) atoms. The molecule has 0 amide bonds. The van der Waals surface area contributed by atoms with E-state index >= 15 is 0 Å². The third-order valence-electron chi connectivity index (χ3n) is 7.37. The number of nitrogens with one attached hydrogen (secondary N) is 1. The Kier molecular flexibility index (Phi) is 4.49. The van der Waals surface area contributed by atoms with Crippen LogP contribution in [0.2, 0.25) is 0 Å². The maximum Gasteiger partial charge on any atom is 0.0420 e. The lowest BCUT2D eigenvalue weighted by molar-refractivity contribution is 0.438. The maximum absolute atomic E-state index is 9.27. The Bertz CT molecular complexity index is 1250. The zero-order valence-electron chi connectivity index (χ0n) is 17.8. The molecule has 0 aromatic heterocycles. The van der Waals surface area contributed by atoms with Crippen LogP contribution < -0.4 is 0 Å². The van der Waals surface area contributed by atoms with Crippen molar-refractivity contribution < 1.29 is 0 Å². The lowest BCUT2D eigenvalue weighted by Crippen LogP contribution is -2.20. The van der Waals surface area contributed by atoms with Gasteiger partial charge in [0.15, 0.2) is 0 Å². The van der Waals surface area contributed by atoms with Gasteiger partial charge in [-0.3, -0.25) is 0 Å². The molecule has 2 aliphatic rings. The molecule has 0 unspecified atom stereocenters. The van der Waals surface area contributed by atoms with E-state index in [1.807, 2.05) is 0 Å². The van der Waals surface area contributed by atoms with Gasteiger partial charge in [0.05, 0.1) is 0 Å². The first-order chi connectivity index (χ1) is 15.3. The van der Waals surface area contributed by atoms with Crippen molar-refractivity contribution in [1.29, 1.82) is 5.41 Å². The largest absolute Gasteiger partial charge is 0.304 e. The van der Waals surface area contributed by atoms with Gasteiger partial charge in [-0.2, -0.15) is 0 Å². The highest BCUT2D eigenvalue weighted by Gasteiger charge is 2.32. The fraction of sp³-hybridized carbons (Fsp3) is 0.233. The lowest BCUT2D eigenvalue weighted by atomic mass is 9.78. The predicted molar refractivity (Wildman–Crippen MR) is 130 cm³/mol. The van der Waals surface area contributed by atoms with E-state index in [1.54, 1.807) is 0 Å². The van der Waals surface area contributed by atoms with Crippen molar-refractivity contribution in [1.82, 2.24) is 0 Å². The molecule has 6 rings (SSSR count). The van der Waals surface area contributed by atoms with Crippen LogP contribution in [-0.4, -0.2) is 5.71 Å². The minimum Gasteiger partial charge on any atom is -0.304 e. The molecule has 0 aliphatic heterocycles. The van der Waals surface area contributed by atoms with Crippen LogP contribution in [0.1, 0.15) is 60.3 Å². The van der Waals surface area contributed by atoms with Gasteiger partial charge in [0.25, 0.3) is 0 Å². The Labute approximate surface area is 184 Å². The summed E-state index contributed by atoms with van der Waals surface area (Å²) in [7, 11) is 0. The summed E-state index contributed by atoms with van der Waals surface area (Å²) in [6.45, 7) is 0. The number of hydrogen-bond donors (Lipinski definition) is 1. The first-order valence-electron chi connectivity index (χ1n) is 11.6. The average molecular weight is 402 g/mol. The second-order valence-electron chi connectivity index (χ2n) is 9.14. The first-order valence-corrected chi connectivity index (χ1v) is 11.6. The Morgan fingerprint density at radius 2 is 1.16 bits per heavy atom. The highest BCUT2D eigenvalue weighted by molar-refractivity contribution is 6.05. The minimum atomic E-state index is 0.191. The number of hydrogen-bond acceptors (Lipinski definition) is 1. The van der Waals surface area contributed by atoms with Gasteiger partial charge < -0.3 is 5.41 Å². The van der Waals surface area contributed by atoms with E-state index in [1.165, 1.54) is 57.9 Å². The first kappa shape index (κ1) is 18.6. The van der Waals surface area contributed by atoms with Crippen LogP contribution in [0.3, 0.4) is 0 Å². The summed E-state index contributed by atoms with van der Waals surface area (Å²) in [4.78, 5) is 0. The fourth-order valence-corrected chi connectivity index (χ4v) is 5.83. The summed E-state index contributed by atoms with van der Waals surface area (Å²) in [6, 6.07) is 31.0. The molecule has 1 heteroatoms. The molecule has 2 aliphatic carbocycles. The van der Waals surface area contributed by atoms with Crippen LogP contribution >= 0.6 is 0 Å². The van der Waals surface area contributed by atoms with Crippen LogP contribution in [-0.2, 0) is 0 Å². The van der Waals surface area contributed by atoms with Gasteiger partial charge in [0.1, 0.15) is 0 Å². The van der Waals surface area contributed by atoms with Crippen LogP contribution in [0.5, 0.6) is 0 Å². The second kappa shape index (κ2) is 7.50. The molecule has 0 atom stereocenters. The lowest BCUT2D eigenvalue weighted by Gasteiger charge is -2.26. The van der Waals surface area contributed by atoms with Gasteiger partial charge in [-0.1, -0.05) is 92.1 Å². The van der Waals surface area contributed by atoms with Crippen molar-refractivity contribution in [2.75, 3.05) is 0 Å². The van der Waals surface area contributed by atoms with Crippen LogP contribution in [0.15, 0.2) is 84.9 Å². The van der Waals surface area contributed by atoms with Crippen molar-refractivity contribution in [2.45, 2.75) is 38.0 Å². The smallest absolute Gasteiger partial charge is 0.0420 e. The van der Waals surface area contributed by atoms with Crippen molar-refractivity contribution in [3.8, 4) is 11.1 Å². The summed E-state index contributed by atoms with van der Waals surface area (Å²) in [5.74, 6) is 0.580. The summed E-state index contributed by atoms with van der Waals surface area (Å²) in [5.41, 5.74) is 8.72. The molecule has 0 spiro atoms. The number of rotatable bonds is 3. The molecule has 1 saturated carbocycles. The Hall–Kier alpha value is -3.19. The van der Waals surface area contributed by atoms with Gasteiger partial charge in [-0.25, -0.2) is 0 Å². The number of fused-ring (bicyclic) bond motifs is 4. The van der Waals surface area contributed by atoms with Crippen molar-refractivity contribution in [3.05, 3.63) is 107 Å². The third-order valence-corrected chi connectivity index (χ3v) is 7.37. The summed E-state index contributed by atoms with van der Waals surface area (Å²) >= 11 is 0. The SMILES string of the molecule is N=C(c1cc2ccccc2cc1C1c2ccccc2-c2ccccc21)C1CCCCC1. The molecular formula is C30H27N. The minimum absolute atomic E-state index is 0.191. The Morgan fingerprint density at radius 1 is 0.613 bits per heavy atom. The molecule has 1 nitrogen and oxygen atoms in total. The van der Waals surface area contributed by atoms with E-state index < -0.39 is 0 Å². The Balaban J connectivity index is 1.59. The summed E-state index contributed by atoms with van der Waals surface area (Å²) in [6.07, 6.45) is 6.14. The van der Waals surface area contributed by atoms with Gasteiger partial charge >= 0.3 is 0 Å². The molecule has 152 valence electrons. The van der Waals surface area contributed by atoms with Crippen LogP contribution in [0, 0.1) is 11.3 Å². The molecule has 0 radical (unpaired) electrons. The molecule has 1 N–H and O–H groups in total. The van der Waals surface area contributed by atoms with Gasteiger partial charge in [-0.05, 0) is 63.6 Å². The number of benzene rings is 4. The zero-order valence-corrected chi connectivity index (χ0v) is 17.8. The highest BCUT2D eigenvalue weighted by atomic mass is 14.5. The third kappa shape index (κ3) is 3.03. The average Bonchev–Trinajstić information content (AvgIpc) is 3.18.